The van der Waals surface area contributed by atoms with Crippen LogP contribution in [0.5, 0.6) is 0 Å². The summed E-state index contributed by atoms with van der Waals surface area (Å²) in [6.45, 7) is 5.63. The molecule has 0 spiro atoms. The number of thiazole rings is 1. The Hall–Kier alpha value is -0.940. The van der Waals surface area contributed by atoms with Crippen molar-refractivity contribution in [1.82, 2.24) is 10.3 Å². The molecule has 17 heavy (non-hydrogen) atoms. The topological polar surface area (TPSA) is 51.2 Å². The minimum absolute atomic E-state index is 0.173. The molecule has 1 N–H and O–H groups in total. The van der Waals surface area contributed by atoms with Crippen LogP contribution in [0.15, 0.2) is 5.38 Å². The molecule has 0 unspecified atom stereocenters. The fraction of sp³-hybridized carbons (Fsp3) is 0.667. The molecule has 1 rings (SSSR count). The van der Waals surface area contributed by atoms with Crippen LogP contribution in [-0.4, -0.2) is 30.6 Å². The summed E-state index contributed by atoms with van der Waals surface area (Å²) >= 11 is 1.65. The lowest BCUT2D eigenvalue weighted by Crippen LogP contribution is -2.26. The molecule has 0 aliphatic rings. The van der Waals surface area contributed by atoms with Crippen molar-refractivity contribution in [3.8, 4) is 0 Å². The second kappa shape index (κ2) is 8.20. The van der Waals surface area contributed by atoms with Crippen LogP contribution in [-0.2, 0) is 16.0 Å². The molecule has 0 bridgehead atoms. The molecule has 0 atom stereocenters. The number of aryl methyl sites for hydroxylation is 1. The number of unbranched alkanes of at least 4 members (excludes halogenated alkanes) is 1. The summed E-state index contributed by atoms with van der Waals surface area (Å²) in [7, 11) is 0. The fourth-order valence-electron chi connectivity index (χ4n) is 1.31. The second-order valence-electron chi connectivity index (χ2n) is 3.86. The third kappa shape index (κ3) is 6.38. The number of aromatic nitrogens is 1. The quantitative estimate of drug-likeness (QED) is 0.570. The first-order valence-corrected chi connectivity index (χ1v) is 6.87. The lowest BCUT2D eigenvalue weighted by Gasteiger charge is -2.04. The van der Waals surface area contributed by atoms with Gasteiger partial charge in [0.1, 0.15) is 0 Å². The maximum atomic E-state index is 11.2. The lowest BCUT2D eigenvalue weighted by molar-refractivity contribution is -0.142. The molecule has 0 saturated carbocycles. The highest BCUT2D eigenvalue weighted by Crippen LogP contribution is 2.07. The molecule has 0 saturated heterocycles. The van der Waals surface area contributed by atoms with E-state index in [9.17, 15) is 4.79 Å². The smallest absolute Gasteiger partial charge is 0.319 e. The highest BCUT2D eigenvalue weighted by atomic mass is 32.1. The van der Waals surface area contributed by atoms with Crippen molar-refractivity contribution in [2.24, 2.45) is 0 Å². The van der Waals surface area contributed by atoms with Crippen LogP contribution in [0, 0.1) is 6.92 Å². The predicted molar refractivity (Wildman–Crippen MR) is 69.3 cm³/mol. The van der Waals surface area contributed by atoms with Crippen LogP contribution in [0.3, 0.4) is 0 Å². The van der Waals surface area contributed by atoms with Gasteiger partial charge in [0.15, 0.2) is 0 Å². The van der Waals surface area contributed by atoms with Gasteiger partial charge >= 0.3 is 5.97 Å². The molecule has 0 aromatic carbocycles. The Bertz CT molecular complexity index is 339. The summed E-state index contributed by atoms with van der Waals surface area (Å²) < 4.78 is 5.02. The first-order chi connectivity index (χ1) is 8.22. The van der Waals surface area contributed by atoms with E-state index < -0.39 is 0 Å². The van der Waals surface area contributed by atoms with E-state index in [4.69, 9.17) is 4.74 Å². The van der Waals surface area contributed by atoms with Gasteiger partial charge in [0.05, 0.1) is 23.9 Å². The van der Waals surface area contributed by atoms with Gasteiger partial charge in [-0.15, -0.1) is 11.3 Å². The summed E-state index contributed by atoms with van der Waals surface area (Å²) in [5.74, 6) is -0.173. The van der Waals surface area contributed by atoms with Crippen LogP contribution in [0.1, 0.15) is 30.5 Å². The van der Waals surface area contributed by atoms with Crippen molar-refractivity contribution < 1.29 is 9.53 Å². The molecule has 0 aliphatic heterocycles. The van der Waals surface area contributed by atoms with Gasteiger partial charge in [-0.1, -0.05) is 13.3 Å². The molecule has 5 heteroatoms. The Morgan fingerprint density at radius 2 is 2.41 bits per heavy atom. The molecular weight excluding hydrogens is 236 g/mol. The van der Waals surface area contributed by atoms with E-state index in [2.05, 4.69) is 22.6 Å². The van der Waals surface area contributed by atoms with E-state index in [1.807, 2.05) is 6.92 Å². The van der Waals surface area contributed by atoms with Crippen LogP contribution in [0.25, 0.3) is 0 Å². The highest BCUT2D eigenvalue weighted by Gasteiger charge is 2.02. The molecular formula is C12H20N2O2S. The molecule has 0 fully saturated rings. The minimum atomic E-state index is -0.173. The monoisotopic (exact) mass is 256 g/mol. The largest absolute Gasteiger partial charge is 0.465 e. The van der Waals surface area contributed by atoms with Crippen molar-refractivity contribution in [2.75, 3.05) is 19.7 Å². The zero-order valence-corrected chi connectivity index (χ0v) is 11.3. The van der Waals surface area contributed by atoms with Gasteiger partial charge in [-0.05, 0) is 13.3 Å². The summed E-state index contributed by atoms with van der Waals surface area (Å²) in [6.07, 6.45) is 2.83. The number of hydrogen-bond donors (Lipinski definition) is 1. The van der Waals surface area contributed by atoms with E-state index in [0.717, 1.165) is 36.5 Å². The molecule has 1 heterocycles. The zero-order valence-electron chi connectivity index (χ0n) is 10.5. The first kappa shape index (κ1) is 14.1. The molecule has 1 aromatic heterocycles. The fourth-order valence-corrected chi connectivity index (χ4v) is 1.96. The number of hydrogen-bond acceptors (Lipinski definition) is 5. The number of nitrogens with zero attached hydrogens (tertiary/aromatic N) is 1. The zero-order chi connectivity index (χ0) is 12.5. The normalized spacial score (nSPS) is 10.5. The molecule has 96 valence electrons. The number of esters is 1. The first-order valence-electron chi connectivity index (χ1n) is 5.99. The van der Waals surface area contributed by atoms with E-state index in [0.29, 0.717) is 6.61 Å². The van der Waals surface area contributed by atoms with E-state index >= 15 is 0 Å². The van der Waals surface area contributed by atoms with E-state index in [1.54, 1.807) is 11.3 Å². The maximum Gasteiger partial charge on any atom is 0.319 e. The SMILES string of the molecule is CCCCOC(=O)CNCCc1csc(C)n1. The number of rotatable bonds is 8. The van der Waals surface area contributed by atoms with Gasteiger partial charge < -0.3 is 10.1 Å². The highest BCUT2D eigenvalue weighted by molar-refractivity contribution is 7.09. The summed E-state index contributed by atoms with van der Waals surface area (Å²) in [4.78, 5) is 15.6. The molecule has 0 aliphatic carbocycles. The van der Waals surface area contributed by atoms with Crippen LogP contribution in [0.4, 0.5) is 0 Å². The predicted octanol–water partition coefficient (Wildman–Crippen LogP) is 1.93. The standard InChI is InChI=1S/C12H20N2O2S/c1-3-4-7-16-12(15)8-13-6-5-11-9-17-10(2)14-11/h9,13H,3-8H2,1-2H3. The Morgan fingerprint density at radius 3 is 3.06 bits per heavy atom. The van der Waals surface area contributed by atoms with Crippen molar-refractivity contribution in [1.29, 1.82) is 0 Å². The minimum Gasteiger partial charge on any atom is -0.465 e. The number of ether oxygens (including phenoxy) is 1. The molecule has 1 aromatic rings. The average Bonchev–Trinajstić information content (AvgIpc) is 2.71. The Balaban J connectivity index is 2.02. The number of carbonyl (C=O) groups excluding carboxylic acids is 1. The van der Waals surface area contributed by atoms with Crippen molar-refractivity contribution in [3.63, 3.8) is 0 Å². The van der Waals surface area contributed by atoms with E-state index in [-0.39, 0.29) is 12.5 Å². The lowest BCUT2D eigenvalue weighted by atomic mass is 10.3. The van der Waals surface area contributed by atoms with Crippen LogP contribution in [0.2, 0.25) is 0 Å². The summed E-state index contributed by atoms with van der Waals surface area (Å²) in [5.41, 5.74) is 1.08. The van der Waals surface area contributed by atoms with Gasteiger partial charge in [0.2, 0.25) is 0 Å². The van der Waals surface area contributed by atoms with Gasteiger partial charge in [0, 0.05) is 18.3 Å². The van der Waals surface area contributed by atoms with E-state index in [1.165, 1.54) is 0 Å². The Morgan fingerprint density at radius 1 is 1.59 bits per heavy atom. The van der Waals surface area contributed by atoms with Crippen molar-refractivity contribution in [3.05, 3.63) is 16.1 Å². The summed E-state index contributed by atoms with van der Waals surface area (Å²) in [5, 5.41) is 6.19. The van der Waals surface area contributed by atoms with Crippen molar-refractivity contribution in [2.45, 2.75) is 33.1 Å². The van der Waals surface area contributed by atoms with Gasteiger partial charge in [-0.25, -0.2) is 4.98 Å². The van der Waals surface area contributed by atoms with Crippen LogP contribution < -0.4 is 5.32 Å². The summed E-state index contributed by atoms with van der Waals surface area (Å²) in [6, 6.07) is 0. The average molecular weight is 256 g/mol. The Labute approximate surface area is 106 Å². The van der Waals surface area contributed by atoms with Gasteiger partial charge in [-0.3, -0.25) is 4.79 Å². The third-order valence-electron chi connectivity index (χ3n) is 2.25. The number of carbonyl (C=O) groups is 1. The number of nitrogens with one attached hydrogen (secondary N) is 1. The van der Waals surface area contributed by atoms with Gasteiger partial charge in [0.25, 0.3) is 0 Å². The molecule has 0 amide bonds. The molecule has 4 nitrogen and oxygen atoms in total. The maximum absolute atomic E-state index is 11.2. The van der Waals surface area contributed by atoms with Crippen molar-refractivity contribution >= 4 is 17.3 Å². The van der Waals surface area contributed by atoms with Gasteiger partial charge in [-0.2, -0.15) is 0 Å². The molecule has 0 radical (unpaired) electrons. The second-order valence-corrected chi connectivity index (χ2v) is 4.92. The van der Waals surface area contributed by atoms with Crippen LogP contribution >= 0.6 is 11.3 Å². The third-order valence-corrected chi connectivity index (χ3v) is 3.08. The Kier molecular flexibility index (Phi) is 6.81.